The molecule has 0 atom stereocenters. The van der Waals surface area contributed by atoms with Crippen molar-refractivity contribution in [1.82, 2.24) is 14.7 Å². The average molecular weight is 528 g/mol. The molecule has 13 heteroatoms. The number of benzene rings is 2. The Kier molecular flexibility index (Phi) is 9.09. The van der Waals surface area contributed by atoms with Crippen molar-refractivity contribution in [3.8, 4) is 11.8 Å². The Labute approximate surface area is 241 Å². The number of halogens is 2. The van der Waals surface area contributed by atoms with Crippen molar-refractivity contribution < 1.29 is 26.4 Å². The summed E-state index contributed by atoms with van der Waals surface area (Å²) in [6.07, 6.45) is 2.68. The maximum Gasteiger partial charge on any atom is 0.340 e. The molecule has 0 saturated heterocycles. The third-order valence-corrected chi connectivity index (χ3v) is 5.96. The fourth-order valence-electron chi connectivity index (χ4n) is 3.30. The third kappa shape index (κ3) is 6.30. The topological polar surface area (TPSA) is 123 Å². The van der Waals surface area contributed by atoms with Crippen LogP contribution in [0, 0.1) is 5.82 Å². The number of ether oxygens (including phenoxy) is 1. The number of anilines is 1. The standard InChI is InChI=1S/C22H18F2N4O5S.K/c1-25-34(30,31)28-18-5-2-4-13(20(18)24)10-16-17(12-23)15-7-6-14(11-19(15)33-21(16)29)32-22-26-8-3-9-27-22;/h2-9,11,25,28H,10,12H2,1H3;. The van der Waals surface area contributed by atoms with E-state index in [1.807, 2.05) is 9.44 Å². The van der Waals surface area contributed by atoms with E-state index in [2.05, 4.69) is 9.97 Å². The first-order valence-electron chi connectivity index (χ1n) is 9.89. The van der Waals surface area contributed by atoms with Gasteiger partial charge in [0.15, 0.2) is 5.82 Å². The van der Waals surface area contributed by atoms with E-state index in [0.29, 0.717) is 5.39 Å². The number of nitrogens with zero attached hydrogens (tertiary/aromatic N) is 2. The van der Waals surface area contributed by atoms with Gasteiger partial charge in [-0.2, -0.15) is 8.42 Å². The Morgan fingerprint density at radius 2 is 1.83 bits per heavy atom. The summed E-state index contributed by atoms with van der Waals surface area (Å²) < 4.78 is 67.4. The first kappa shape index (κ1) is 27.3. The summed E-state index contributed by atoms with van der Waals surface area (Å²) >= 11 is 0. The molecule has 1 radical (unpaired) electrons. The van der Waals surface area contributed by atoms with Crippen LogP contribution in [0.5, 0.6) is 11.8 Å². The summed E-state index contributed by atoms with van der Waals surface area (Å²) in [7, 11) is -2.79. The normalized spacial score (nSPS) is 11.2. The molecule has 2 N–H and O–H groups in total. The molecule has 0 fully saturated rings. The Hall–Kier alpha value is -2.26. The van der Waals surface area contributed by atoms with Gasteiger partial charge in [-0.25, -0.2) is 28.3 Å². The maximum atomic E-state index is 15.0. The van der Waals surface area contributed by atoms with E-state index in [4.69, 9.17) is 9.15 Å². The van der Waals surface area contributed by atoms with E-state index < -0.39 is 28.3 Å². The van der Waals surface area contributed by atoms with Gasteiger partial charge in [-0.1, -0.05) is 12.1 Å². The summed E-state index contributed by atoms with van der Waals surface area (Å²) in [4.78, 5) is 20.6. The van der Waals surface area contributed by atoms with Crippen molar-refractivity contribution in [3.63, 3.8) is 0 Å². The second kappa shape index (κ2) is 11.6. The van der Waals surface area contributed by atoms with Gasteiger partial charge in [-0.3, -0.25) is 4.72 Å². The monoisotopic (exact) mass is 527 g/mol. The van der Waals surface area contributed by atoms with Crippen LogP contribution in [0.1, 0.15) is 16.7 Å². The molecular formula is C22H18F2KN4O5S. The average Bonchev–Trinajstić information content (AvgIpc) is 2.82. The van der Waals surface area contributed by atoms with Crippen LogP contribution in [0.15, 0.2) is 64.1 Å². The number of alkyl halides is 1. The summed E-state index contributed by atoms with van der Waals surface area (Å²) in [5, 5.41) is 0.311. The van der Waals surface area contributed by atoms with Crippen molar-refractivity contribution in [2.75, 3.05) is 11.8 Å². The van der Waals surface area contributed by atoms with Gasteiger partial charge in [0.05, 0.1) is 5.69 Å². The SMILES string of the molecule is CNS(=O)(=O)Nc1cccc(Cc2c(CF)c3ccc(Oc4ncccn4)cc3oc2=O)c1F.[K]. The van der Waals surface area contributed by atoms with Crippen molar-refractivity contribution in [3.05, 3.63) is 87.8 Å². The van der Waals surface area contributed by atoms with Gasteiger partial charge >= 0.3 is 11.6 Å². The van der Waals surface area contributed by atoms with E-state index in [1.165, 1.54) is 55.8 Å². The Morgan fingerprint density at radius 1 is 1.09 bits per heavy atom. The zero-order valence-corrected chi connectivity index (χ0v) is 22.6. The minimum atomic E-state index is -3.96. The van der Waals surface area contributed by atoms with Crippen molar-refractivity contribution in [2.24, 2.45) is 0 Å². The molecule has 0 amide bonds. The molecule has 0 aliphatic carbocycles. The number of rotatable bonds is 8. The number of hydrogen-bond acceptors (Lipinski definition) is 7. The van der Waals surface area contributed by atoms with E-state index >= 15 is 0 Å². The van der Waals surface area contributed by atoms with Crippen molar-refractivity contribution in [1.29, 1.82) is 0 Å². The quantitative estimate of drug-likeness (QED) is 0.267. The zero-order valence-electron chi connectivity index (χ0n) is 18.7. The van der Waals surface area contributed by atoms with E-state index in [9.17, 15) is 22.0 Å². The Bertz CT molecular complexity index is 1520. The minimum Gasteiger partial charge on any atom is -0.424 e. The van der Waals surface area contributed by atoms with E-state index in [1.54, 1.807) is 6.07 Å². The molecule has 0 unspecified atom stereocenters. The molecule has 0 bridgehead atoms. The molecule has 2 aromatic heterocycles. The summed E-state index contributed by atoms with van der Waals surface area (Å²) in [5.74, 6) is -0.618. The van der Waals surface area contributed by atoms with Crippen LogP contribution in [0.2, 0.25) is 0 Å². The number of nitrogens with one attached hydrogen (secondary N) is 2. The molecule has 0 aliphatic heterocycles. The van der Waals surface area contributed by atoms with Crippen LogP contribution >= 0.6 is 0 Å². The van der Waals surface area contributed by atoms with Crippen LogP contribution in [0.3, 0.4) is 0 Å². The van der Waals surface area contributed by atoms with Crippen molar-refractivity contribution >= 4 is 78.3 Å². The zero-order chi connectivity index (χ0) is 24.3. The molecule has 2 aromatic carbocycles. The van der Waals surface area contributed by atoms with Crippen LogP contribution in [-0.4, -0.2) is 76.8 Å². The molecule has 2 heterocycles. The van der Waals surface area contributed by atoms with E-state index in [0.717, 1.165) is 0 Å². The predicted molar refractivity (Wildman–Crippen MR) is 126 cm³/mol. The Morgan fingerprint density at radius 3 is 2.51 bits per heavy atom. The van der Waals surface area contributed by atoms with Gasteiger partial charge in [0.1, 0.15) is 18.0 Å². The maximum absolute atomic E-state index is 15.0. The number of fused-ring (bicyclic) bond motifs is 1. The second-order valence-electron chi connectivity index (χ2n) is 7.04. The second-order valence-corrected chi connectivity index (χ2v) is 8.66. The van der Waals surface area contributed by atoms with Crippen LogP contribution in [0.25, 0.3) is 11.0 Å². The fourth-order valence-corrected chi connectivity index (χ4v) is 3.85. The molecule has 0 spiro atoms. The third-order valence-electron chi connectivity index (χ3n) is 4.94. The molecule has 177 valence electrons. The molecular weight excluding hydrogens is 509 g/mol. The molecule has 0 saturated carbocycles. The van der Waals surface area contributed by atoms with Gasteiger partial charge in [0.25, 0.3) is 10.2 Å². The minimum absolute atomic E-state index is 0. The van der Waals surface area contributed by atoms with Gasteiger partial charge in [0, 0.05) is 99.8 Å². The summed E-state index contributed by atoms with van der Waals surface area (Å²) in [6.45, 7) is -1.01. The molecule has 9 nitrogen and oxygen atoms in total. The van der Waals surface area contributed by atoms with E-state index in [-0.39, 0.29) is 97.5 Å². The number of aromatic nitrogens is 2. The summed E-state index contributed by atoms with van der Waals surface area (Å²) in [6, 6.07) is 10.2. The first-order chi connectivity index (χ1) is 16.3. The molecule has 4 rings (SSSR count). The molecule has 0 aliphatic rings. The van der Waals surface area contributed by atoms with Crippen LogP contribution in [-0.2, 0) is 23.3 Å². The fraction of sp³-hybridized carbons (Fsp3) is 0.136. The van der Waals surface area contributed by atoms with Gasteiger partial charge in [0.2, 0.25) is 0 Å². The smallest absolute Gasteiger partial charge is 0.340 e. The largest absolute Gasteiger partial charge is 0.424 e. The van der Waals surface area contributed by atoms with Crippen LogP contribution < -0.4 is 19.8 Å². The number of hydrogen-bond donors (Lipinski definition) is 2. The van der Waals surface area contributed by atoms with Crippen molar-refractivity contribution in [2.45, 2.75) is 13.1 Å². The first-order valence-corrected chi connectivity index (χ1v) is 11.4. The summed E-state index contributed by atoms with van der Waals surface area (Å²) in [5.41, 5.74) is -1.15. The molecule has 35 heavy (non-hydrogen) atoms. The Balaban J connectivity index is 0.00000342. The van der Waals surface area contributed by atoms with Crippen LogP contribution in [0.4, 0.5) is 14.5 Å². The van der Waals surface area contributed by atoms with Gasteiger partial charge < -0.3 is 9.15 Å². The van der Waals surface area contributed by atoms with Gasteiger partial charge in [-0.05, 0) is 29.8 Å². The van der Waals surface area contributed by atoms with Gasteiger partial charge in [-0.15, -0.1) is 0 Å². The predicted octanol–water partition coefficient (Wildman–Crippen LogP) is 3.07. The molecule has 4 aromatic rings.